The largest absolute Gasteiger partial charge is 0.268 e. The second-order valence-corrected chi connectivity index (χ2v) is 10.4. The van der Waals surface area contributed by atoms with E-state index in [0.717, 1.165) is 10.2 Å². The van der Waals surface area contributed by atoms with Crippen molar-refractivity contribution in [3.8, 4) is 11.1 Å². The van der Waals surface area contributed by atoms with Gasteiger partial charge in [-0.15, -0.1) is 0 Å². The Morgan fingerprint density at radius 1 is 0.793 bits per heavy atom. The van der Waals surface area contributed by atoms with E-state index in [2.05, 4.69) is 0 Å². The topological polar surface area (TPSA) is 73.2 Å². The normalized spacial score (nSPS) is 12.3. The summed E-state index contributed by atoms with van der Waals surface area (Å²) in [7, 11) is -7.30. The molecule has 0 radical (unpaired) electrons. The minimum absolute atomic E-state index is 0.0835. The van der Waals surface area contributed by atoms with Gasteiger partial charge < -0.3 is 0 Å². The molecule has 0 aliphatic heterocycles. The molecule has 0 saturated heterocycles. The van der Waals surface area contributed by atoms with Gasteiger partial charge in [-0.1, -0.05) is 30.3 Å². The highest BCUT2D eigenvalue weighted by Gasteiger charge is 2.22. The van der Waals surface area contributed by atoms with E-state index in [1.807, 2.05) is 0 Å². The van der Waals surface area contributed by atoms with Crippen LogP contribution in [0.5, 0.6) is 0 Å². The van der Waals surface area contributed by atoms with Crippen LogP contribution in [-0.4, -0.2) is 27.1 Å². The van der Waals surface area contributed by atoms with E-state index >= 15 is 0 Å². The van der Waals surface area contributed by atoms with E-state index in [9.17, 15) is 21.2 Å². The zero-order chi connectivity index (χ0) is 20.8. The van der Waals surface area contributed by atoms with E-state index in [1.165, 1.54) is 48.7 Å². The Kier molecular flexibility index (Phi) is 4.55. The molecule has 148 valence electrons. The number of benzene rings is 3. The molecule has 0 aliphatic carbocycles. The number of rotatable bonds is 4. The highest BCUT2D eigenvalue weighted by atomic mass is 32.2. The molecule has 0 amide bonds. The number of halogens is 1. The van der Waals surface area contributed by atoms with Gasteiger partial charge in [0.2, 0.25) is 0 Å². The number of aromatic nitrogens is 1. The molecule has 0 N–H and O–H groups in total. The summed E-state index contributed by atoms with van der Waals surface area (Å²) in [5.41, 5.74) is 1.38. The summed E-state index contributed by atoms with van der Waals surface area (Å²) >= 11 is 0. The van der Waals surface area contributed by atoms with Gasteiger partial charge in [-0.2, -0.15) is 0 Å². The highest BCUT2D eigenvalue weighted by Crippen LogP contribution is 2.34. The summed E-state index contributed by atoms with van der Waals surface area (Å²) < 4.78 is 64.7. The fourth-order valence-electron chi connectivity index (χ4n) is 3.19. The molecular formula is C21H16FNO4S2. The third-order valence-electron chi connectivity index (χ3n) is 4.63. The molecule has 4 rings (SSSR count). The van der Waals surface area contributed by atoms with Crippen molar-refractivity contribution in [3.63, 3.8) is 0 Å². The molecule has 1 aromatic heterocycles. The molecule has 0 spiro atoms. The lowest BCUT2D eigenvalue weighted by molar-refractivity contribution is 0.588. The van der Waals surface area contributed by atoms with Crippen LogP contribution in [0.15, 0.2) is 88.8 Å². The van der Waals surface area contributed by atoms with Crippen molar-refractivity contribution in [3.05, 3.63) is 84.8 Å². The molecular weight excluding hydrogens is 413 g/mol. The standard InChI is InChI=1S/C21H16FNO4S2/c1-28(24,25)17-10-7-15(8-11-17)20-14-23(21-13-16(22)9-12-19(20)21)29(26,27)18-5-3-2-4-6-18/h2-14H,1H3. The molecule has 0 aliphatic rings. The van der Waals surface area contributed by atoms with Gasteiger partial charge >= 0.3 is 0 Å². The number of fused-ring (bicyclic) bond motifs is 1. The minimum atomic E-state index is -3.95. The average molecular weight is 429 g/mol. The first-order valence-corrected chi connectivity index (χ1v) is 11.9. The van der Waals surface area contributed by atoms with Gasteiger partial charge in [0.15, 0.2) is 9.84 Å². The summed E-state index contributed by atoms with van der Waals surface area (Å²) in [6, 6.07) is 18.0. The Morgan fingerprint density at radius 2 is 1.45 bits per heavy atom. The summed E-state index contributed by atoms with van der Waals surface area (Å²) in [5.74, 6) is -0.556. The van der Waals surface area contributed by atoms with Gasteiger partial charge in [-0.3, -0.25) is 0 Å². The number of nitrogens with zero attached hydrogens (tertiary/aromatic N) is 1. The third kappa shape index (κ3) is 3.45. The van der Waals surface area contributed by atoms with Gasteiger partial charge in [-0.25, -0.2) is 25.2 Å². The lowest BCUT2D eigenvalue weighted by Gasteiger charge is -2.07. The quantitative estimate of drug-likeness (QED) is 0.490. The predicted octanol–water partition coefficient (Wildman–Crippen LogP) is 4.09. The van der Waals surface area contributed by atoms with E-state index in [0.29, 0.717) is 16.5 Å². The van der Waals surface area contributed by atoms with Crippen molar-refractivity contribution in [1.29, 1.82) is 0 Å². The van der Waals surface area contributed by atoms with E-state index < -0.39 is 25.7 Å². The van der Waals surface area contributed by atoms with Gasteiger partial charge in [0.25, 0.3) is 10.0 Å². The molecule has 3 aromatic carbocycles. The summed E-state index contributed by atoms with van der Waals surface area (Å²) in [5, 5.41) is 0.540. The van der Waals surface area contributed by atoms with Crippen molar-refractivity contribution in [2.24, 2.45) is 0 Å². The maximum atomic E-state index is 13.9. The third-order valence-corrected chi connectivity index (χ3v) is 7.44. The molecule has 0 bridgehead atoms. The molecule has 0 fully saturated rings. The first-order chi connectivity index (χ1) is 13.7. The monoisotopic (exact) mass is 429 g/mol. The molecule has 0 saturated carbocycles. The Bertz CT molecular complexity index is 1420. The Morgan fingerprint density at radius 3 is 2.07 bits per heavy atom. The van der Waals surface area contributed by atoms with Crippen LogP contribution in [-0.2, 0) is 19.9 Å². The zero-order valence-corrected chi connectivity index (χ0v) is 16.9. The number of sulfone groups is 1. The molecule has 0 atom stereocenters. The maximum Gasteiger partial charge on any atom is 0.268 e. The first-order valence-electron chi connectivity index (χ1n) is 8.60. The summed E-state index contributed by atoms with van der Waals surface area (Å²) in [6.45, 7) is 0. The Hall–Kier alpha value is -2.97. The second kappa shape index (κ2) is 6.82. The second-order valence-electron chi connectivity index (χ2n) is 6.61. The lowest BCUT2D eigenvalue weighted by Crippen LogP contribution is -2.11. The van der Waals surface area contributed by atoms with Crippen LogP contribution >= 0.6 is 0 Å². The number of hydrogen-bond donors (Lipinski definition) is 0. The van der Waals surface area contributed by atoms with Crippen molar-refractivity contribution in [1.82, 2.24) is 3.97 Å². The molecule has 8 heteroatoms. The van der Waals surface area contributed by atoms with E-state index in [4.69, 9.17) is 0 Å². The zero-order valence-electron chi connectivity index (χ0n) is 15.3. The van der Waals surface area contributed by atoms with Crippen molar-refractivity contribution < 1.29 is 21.2 Å². The highest BCUT2D eigenvalue weighted by molar-refractivity contribution is 7.90. The van der Waals surface area contributed by atoms with Gasteiger partial charge in [-0.05, 0) is 48.0 Å². The van der Waals surface area contributed by atoms with Crippen LogP contribution in [0.3, 0.4) is 0 Å². The van der Waals surface area contributed by atoms with Crippen LogP contribution in [0.1, 0.15) is 0 Å². The summed E-state index contributed by atoms with van der Waals surface area (Å²) in [4.78, 5) is 0.244. The van der Waals surface area contributed by atoms with Crippen LogP contribution < -0.4 is 0 Å². The molecule has 29 heavy (non-hydrogen) atoms. The smallest absolute Gasteiger partial charge is 0.240 e. The van der Waals surface area contributed by atoms with Crippen LogP contribution in [0.2, 0.25) is 0 Å². The number of hydrogen-bond acceptors (Lipinski definition) is 4. The van der Waals surface area contributed by atoms with Crippen LogP contribution in [0.4, 0.5) is 4.39 Å². The Balaban J connectivity index is 1.96. The molecule has 1 heterocycles. The average Bonchev–Trinajstić information content (AvgIpc) is 3.07. The molecule has 0 unspecified atom stereocenters. The minimum Gasteiger partial charge on any atom is -0.240 e. The van der Waals surface area contributed by atoms with Crippen molar-refractivity contribution in [2.45, 2.75) is 9.79 Å². The summed E-state index contributed by atoms with van der Waals surface area (Å²) in [6.07, 6.45) is 2.55. The fourth-order valence-corrected chi connectivity index (χ4v) is 5.20. The van der Waals surface area contributed by atoms with Gasteiger partial charge in [0.05, 0.1) is 15.3 Å². The van der Waals surface area contributed by atoms with Gasteiger partial charge in [0, 0.05) is 23.4 Å². The Labute approximate surface area is 168 Å². The van der Waals surface area contributed by atoms with Gasteiger partial charge in [0.1, 0.15) is 5.82 Å². The van der Waals surface area contributed by atoms with E-state index in [1.54, 1.807) is 30.3 Å². The molecule has 4 aromatic rings. The van der Waals surface area contributed by atoms with E-state index in [-0.39, 0.29) is 15.3 Å². The maximum absolute atomic E-state index is 13.9. The lowest BCUT2D eigenvalue weighted by atomic mass is 10.1. The SMILES string of the molecule is CS(=O)(=O)c1ccc(-c2cn(S(=O)(=O)c3ccccc3)c3cc(F)ccc23)cc1. The van der Waals surface area contributed by atoms with Crippen LogP contribution in [0.25, 0.3) is 22.0 Å². The molecule has 5 nitrogen and oxygen atoms in total. The fraction of sp³-hybridized carbons (Fsp3) is 0.0476. The predicted molar refractivity (Wildman–Crippen MR) is 109 cm³/mol. The van der Waals surface area contributed by atoms with Crippen LogP contribution in [0, 0.1) is 5.82 Å². The van der Waals surface area contributed by atoms with Crippen molar-refractivity contribution >= 4 is 30.8 Å². The van der Waals surface area contributed by atoms with Crippen molar-refractivity contribution in [2.75, 3.05) is 6.26 Å². The first kappa shape index (κ1) is 19.4.